The van der Waals surface area contributed by atoms with Gasteiger partial charge in [-0.25, -0.2) is 0 Å². The fourth-order valence-electron chi connectivity index (χ4n) is 3.22. The zero-order valence-corrected chi connectivity index (χ0v) is 14.3. The molecule has 0 radical (unpaired) electrons. The second-order valence-electron chi connectivity index (χ2n) is 6.32. The molecule has 0 saturated heterocycles. The molecule has 1 amide bonds. The Labute approximate surface area is 146 Å². The highest BCUT2D eigenvalue weighted by molar-refractivity contribution is 7.15. The van der Waals surface area contributed by atoms with Crippen molar-refractivity contribution in [2.75, 3.05) is 0 Å². The van der Waals surface area contributed by atoms with Gasteiger partial charge in [-0.2, -0.15) is 10.1 Å². The van der Waals surface area contributed by atoms with Gasteiger partial charge in [0.2, 0.25) is 0 Å². The number of hydrogen-bond donors (Lipinski definition) is 2. The largest absolute Gasteiger partial charge is 0.393 e. The van der Waals surface area contributed by atoms with Crippen LogP contribution in [0, 0.1) is 5.92 Å². The standard InChI is InChI=1S/C16H17N5O3S/c1-20-8-10(7-17-20)14(9-4-11(22)5-9)19-15(24)12-6-13(23)18-16-21(12)2-3-25-16/h2-3,6-9,11,14,22H,4-5H2,1H3,(H,19,24). The van der Waals surface area contributed by atoms with Crippen molar-refractivity contribution in [2.24, 2.45) is 13.0 Å². The molecular weight excluding hydrogens is 342 g/mol. The number of hydrogen-bond acceptors (Lipinski definition) is 6. The Morgan fingerprint density at radius 2 is 2.28 bits per heavy atom. The highest BCUT2D eigenvalue weighted by atomic mass is 32.1. The number of aliphatic hydroxyl groups excluding tert-OH is 1. The Morgan fingerprint density at radius 1 is 1.48 bits per heavy atom. The van der Waals surface area contributed by atoms with Crippen LogP contribution < -0.4 is 10.9 Å². The molecule has 0 spiro atoms. The molecule has 3 aromatic rings. The van der Waals surface area contributed by atoms with Crippen molar-refractivity contribution in [2.45, 2.75) is 25.0 Å². The monoisotopic (exact) mass is 359 g/mol. The minimum Gasteiger partial charge on any atom is -0.393 e. The lowest BCUT2D eigenvalue weighted by molar-refractivity contribution is 0.0234. The van der Waals surface area contributed by atoms with Crippen LogP contribution in [0.2, 0.25) is 0 Å². The van der Waals surface area contributed by atoms with Crippen LogP contribution >= 0.6 is 11.3 Å². The van der Waals surface area contributed by atoms with E-state index >= 15 is 0 Å². The van der Waals surface area contributed by atoms with Crippen LogP contribution in [0.15, 0.2) is 34.8 Å². The van der Waals surface area contributed by atoms with Gasteiger partial charge >= 0.3 is 0 Å². The topological polar surface area (TPSA) is 102 Å². The van der Waals surface area contributed by atoms with Gasteiger partial charge in [-0.3, -0.25) is 18.7 Å². The molecule has 8 nitrogen and oxygen atoms in total. The number of carbonyl (C=O) groups excluding carboxylic acids is 1. The maximum atomic E-state index is 12.8. The number of aryl methyl sites for hydroxylation is 1. The maximum Gasteiger partial charge on any atom is 0.274 e. The van der Waals surface area contributed by atoms with E-state index < -0.39 is 5.56 Å². The first-order valence-corrected chi connectivity index (χ1v) is 8.83. The number of aromatic nitrogens is 4. The third kappa shape index (κ3) is 2.96. The van der Waals surface area contributed by atoms with E-state index in [-0.39, 0.29) is 29.7 Å². The van der Waals surface area contributed by atoms with Crippen LogP contribution in [0.1, 0.15) is 34.9 Å². The molecular formula is C16H17N5O3S. The molecule has 2 N–H and O–H groups in total. The van der Waals surface area contributed by atoms with Crippen molar-refractivity contribution < 1.29 is 9.90 Å². The number of fused-ring (bicyclic) bond motifs is 1. The van der Waals surface area contributed by atoms with Crippen LogP contribution in [-0.2, 0) is 7.05 Å². The first-order chi connectivity index (χ1) is 12.0. The number of rotatable bonds is 4. The molecule has 4 rings (SSSR count). The van der Waals surface area contributed by atoms with E-state index in [0.717, 1.165) is 5.56 Å². The van der Waals surface area contributed by atoms with E-state index in [2.05, 4.69) is 15.4 Å². The van der Waals surface area contributed by atoms with Gasteiger partial charge in [0.15, 0.2) is 4.96 Å². The summed E-state index contributed by atoms with van der Waals surface area (Å²) in [5.74, 6) is -0.206. The number of carbonyl (C=O) groups is 1. The SMILES string of the molecule is Cn1cc(C(NC(=O)c2cc(=O)nc3sccn23)C2CC(O)C2)cn1. The first-order valence-electron chi connectivity index (χ1n) is 7.95. The molecule has 1 aliphatic rings. The Kier molecular flexibility index (Phi) is 3.89. The molecule has 0 aromatic carbocycles. The summed E-state index contributed by atoms with van der Waals surface area (Å²) in [5, 5.41) is 18.6. The minimum atomic E-state index is -0.440. The molecule has 1 saturated carbocycles. The van der Waals surface area contributed by atoms with Crippen molar-refractivity contribution in [3.63, 3.8) is 0 Å². The third-order valence-corrected chi connectivity index (χ3v) is 5.30. The first kappa shape index (κ1) is 16.0. The minimum absolute atomic E-state index is 0.139. The molecule has 0 bridgehead atoms. The van der Waals surface area contributed by atoms with Crippen LogP contribution in [0.25, 0.3) is 4.96 Å². The highest BCUT2D eigenvalue weighted by Gasteiger charge is 2.36. The number of thiazole rings is 1. The van der Waals surface area contributed by atoms with Gasteiger partial charge in [0, 0.05) is 36.5 Å². The van der Waals surface area contributed by atoms with Gasteiger partial charge in [-0.1, -0.05) is 0 Å². The molecule has 0 aliphatic heterocycles. The zero-order chi connectivity index (χ0) is 17.6. The van der Waals surface area contributed by atoms with Crippen molar-refractivity contribution in [1.82, 2.24) is 24.5 Å². The second-order valence-corrected chi connectivity index (χ2v) is 7.19. The molecule has 25 heavy (non-hydrogen) atoms. The summed E-state index contributed by atoms with van der Waals surface area (Å²) in [4.78, 5) is 29.0. The Bertz CT molecular complexity index is 985. The molecule has 1 fully saturated rings. The average molecular weight is 359 g/mol. The van der Waals surface area contributed by atoms with Crippen LogP contribution in [-0.4, -0.2) is 36.3 Å². The van der Waals surface area contributed by atoms with Gasteiger partial charge in [-0.05, 0) is 18.8 Å². The summed E-state index contributed by atoms with van der Waals surface area (Å²) in [5.41, 5.74) is 0.699. The number of aliphatic hydroxyl groups is 1. The molecule has 1 aliphatic carbocycles. The van der Waals surface area contributed by atoms with Crippen molar-refractivity contribution >= 4 is 22.2 Å². The Morgan fingerprint density at radius 3 is 2.96 bits per heavy atom. The fourth-order valence-corrected chi connectivity index (χ4v) is 3.94. The van der Waals surface area contributed by atoms with Crippen LogP contribution in [0.5, 0.6) is 0 Å². The van der Waals surface area contributed by atoms with E-state index in [1.165, 1.54) is 17.4 Å². The number of nitrogens with one attached hydrogen (secondary N) is 1. The van der Waals surface area contributed by atoms with E-state index in [9.17, 15) is 14.7 Å². The average Bonchev–Trinajstić information content (AvgIpc) is 3.17. The van der Waals surface area contributed by atoms with Gasteiger partial charge in [0.05, 0.1) is 18.3 Å². The molecule has 1 unspecified atom stereocenters. The lowest BCUT2D eigenvalue weighted by Crippen LogP contribution is -2.42. The summed E-state index contributed by atoms with van der Waals surface area (Å²) in [6.07, 6.45) is 6.22. The summed E-state index contributed by atoms with van der Waals surface area (Å²) >= 11 is 1.30. The normalized spacial score (nSPS) is 21.0. The Balaban J connectivity index is 1.66. The van der Waals surface area contributed by atoms with Gasteiger partial charge < -0.3 is 10.4 Å². The van der Waals surface area contributed by atoms with Gasteiger partial charge in [0.1, 0.15) is 5.69 Å². The van der Waals surface area contributed by atoms with Crippen molar-refractivity contribution in [3.05, 3.63) is 51.6 Å². The summed E-state index contributed by atoms with van der Waals surface area (Å²) in [6, 6.07) is 0.979. The van der Waals surface area contributed by atoms with Crippen molar-refractivity contribution in [3.8, 4) is 0 Å². The van der Waals surface area contributed by atoms with E-state index in [0.29, 0.717) is 17.8 Å². The molecule has 1 atom stereocenters. The summed E-state index contributed by atoms with van der Waals surface area (Å²) in [6.45, 7) is 0. The van der Waals surface area contributed by atoms with E-state index in [1.807, 2.05) is 13.2 Å². The highest BCUT2D eigenvalue weighted by Crippen LogP contribution is 2.38. The zero-order valence-electron chi connectivity index (χ0n) is 13.5. The number of nitrogens with zero attached hydrogens (tertiary/aromatic N) is 4. The molecule has 3 aromatic heterocycles. The fraction of sp³-hybridized carbons (Fsp3) is 0.375. The van der Waals surface area contributed by atoms with Gasteiger partial charge in [-0.15, -0.1) is 11.3 Å². The summed E-state index contributed by atoms with van der Waals surface area (Å²) < 4.78 is 3.29. The van der Waals surface area contributed by atoms with E-state index in [4.69, 9.17) is 0 Å². The molecule has 3 heterocycles. The predicted octanol–water partition coefficient (Wildman–Crippen LogP) is 0.731. The molecule has 130 valence electrons. The summed E-state index contributed by atoms with van der Waals surface area (Å²) in [7, 11) is 1.81. The second kappa shape index (κ2) is 6.08. The van der Waals surface area contributed by atoms with Gasteiger partial charge in [0.25, 0.3) is 11.5 Å². The smallest absolute Gasteiger partial charge is 0.274 e. The molecule has 9 heteroatoms. The van der Waals surface area contributed by atoms with Crippen LogP contribution in [0.4, 0.5) is 0 Å². The third-order valence-electron chi connectivity index (χ3n) is 4.54. The Hall–Kier alpha value is -2.52. The number of amides is 1. The lowest BCUT2D eigenvalue weighted by atomic mass is 9.75. The lowest BCUT2D eigenvalue weighted by Gasteiger charge is -2.37. The maximum absolute atomic E-state index is 12.8. The quantitative estimate of drug-likeness (QED) is 0.715. The van der Waals surface area contributed by atoms with Crippen molar-refractivity contribution in [1.29, 1.82) is 0 Å². The predicted molar refractivity (Wildman–Crippen MR) is 91.5 cm³/mol. The van der Waals surface area contributed by atoms with E-state index in [1.54, 1.807) is 26.9 Å². The van der Waals surface area contributed by atoms with Crippen LogP contribution in [0.3, 0.4) is 0 Å².